The lowest BCUT2D eigenvalue weighted by Gasteiger charge is -2.16. The highest BCUT2D eigenvalue weighted by Crippen LogP contribution is 2.04. The Labute approximate surface area is 119 Å². The number of carbonyl (C=O) groups is 1. The van der Waals surface area contributed by atoms with Crippen LogP contribution in [-0.4, -0.2) is 26.9 Å². The van der Waals surface area contributed by atoms with Crippen LogP contribution in [0, 0.1) is 5.92 Å². The molecule has 1 unspecified atom stereocenters. The van der Waals surface area contributed by atoms with E-state index in [-0.39, 0.29) is 11.9 Å². The van der Waals surface area contributed by atoms with Gasteiger partial charge in [0.25, 0.3) is 5.91 Å². The first kappa shape index (κ1) is 14.2. The van der Waals surface area contributed by atoms with Crippen molar-refractivity contribution in [3.05, 3.63) is 47.8 Å². The van der Waals surface area contributed by atoms with E-state index < -0.39 is 0 Å². The molecule has 1 aromatic carbocycles. The van der Waals surface area contributed by atoms with E-state index >= 15 is 0 Å². The van der Waals surface area contributed by atoms with Crippen LogP contribution in [0.2, 0.25) is 0 Å². The summed E-state index contributed by atoms with van der Waals surface area (Å²) >= 11 is 0. The minimum Gasteiger partial charge on any atom is -0.348 e. The van der Waals surface area contributed by atoms with Crippen LogP contribution in [0.25, 0.3) is 0 Å². The Morgan fingerprint density at radius 1 is 1.25 bits per heavy atom. The summed E-state index contributed by atoms with van der Waals surface area (Å²) in [6.45, 7) is 6.73. The van der Waals surface area contributed by atoms with E-state index in [1.165, 1.54) is 0 Å². The molecule has 2 rings (SSSR count). The highest BCUT2D eigenvalue weighted by Gasteiger charge is 2.15. The largest absolute Gasteiger partial charge is 0.348 e. The van der Waals surface area contributed by atoms with E-state index in [2.05, 4.69) is 29.5 Å². The Kier molecular flexibility index (Phi) is 4.50. The second kappa shape index (κ2) is 6.32. The zero-order valence-electron chi connectivity index (χ0n) is 12.1. The zero-order chi connectivity index (χ0) is 14.5. The van der Waals surface area contributed by atoms with Gasteiger partial charge in [0.05, 0.1) is 12.7 Å². The van der Waals surface area contributed by atoms with Gasteiger partial charge in [-0.15, -0.1) is 5.10 Å². The number of aromatic nitrogens is 3. The molecule has 0 fully saturated rings. The minimum absolute atomic E-state index is 0.113. The van der Waals surface area contributed by atoms with Gasteiger partial charge in [0, 0.05) is 6.04 Å². The summed E-state index contributed by atoms with van der Waals surface area (Å²) in [5.74, 6) is 0.212. The predicted molar refractivity (Wildman–Crippen MR) is 77.3 cm³/mol. The van der Waals surface area contributed by atoms with Crippen LogP contribution in [0.4, 0.5) is 0 Å². The van der Waals surface area contributed by atoms with Crippen molar-refractivity contribution in [3.63, 3.8) is 0 Å². The molecule has 5 nitrogen and oxygen atoms in total. The van der Waals surface area contributed by atoms with Crippen molar-refractivity contribution < 1.29 is 4.79 Å². The van der Waals surface area contributed by atoms with E-state index in [0.717, 1.165) is 5.56 Å². The van der Waals surface area contributed by atoms with Crippen LogP contribution < -0.4 is 5.32 Å². The van der Waals surface area contributed by atoms with Crippen molar-refractivity contribution >= 4 is 5.91 Å². The molecule has 2 aromatic rings. The maximum atomic E-state index is 12.0. The van der Waals surface area contributed by atoms with Crippen LogP contribution >= 0.6 is 0 Å². The quantitative estimate of drug-likeness (QED) is 0.906. The van der Waals surface area contributed by atoms with E-state index in [4.69, 9.17) is 0 Å². The molecule has 1 atom stereocenters. The fourth-order valence-electron chi connectivity index (χ4n) is 1.70. The van der Waals surface area contributed by atoms with E-state index in [1.54, 1.807) is 10.9 Å². The van der Waals surface area contributed by atoms with Crippen LogP contribution in [-0.2, 0) is 6.54 Å². The Balaban J connectivity index is 2.00. The predicted octanol–water partition coefficient (Wildman–Crippen LogP) is 2.10. The van der Waals surface area contributed by atoms with Crippen molar-refractivity contribution in [1.29, 1.82) is 0 Å². The van der Waals surface area contributed by atoms with Gasteiger partial charge in [-0.25, -0.2) is 4.68 Å². The third kappa shape index (κ3) is 3.66. The molecule has 1 amide bonds. The molecular weight excluding hydrogens is 252 g/mol. The normalized spacial score (nSPS) is 12.4. The summed E-state index contributed by atoms with van der Waals surface area (Å²) in [6.07, 6.45) is 1.68. The van der Waals surface area contributed by atoms with Gasteiger partial charge in [0.1, 0.15) is 0 Å². The smallest absolute Gasteiger partial charge is 0.273 e. The van der Waals surface area contributed by atoms with Crippen LogP contribution in [0.5, 0.6) is 0 Å². The van der Waals surface area contributed by atoms with Crippen molar-refractivity contribution in [2.45, 2.75) is 33.4 Å². The first-order chi connectivity index (χ1) is 9.56. The Morgan fingerprint density at radius 2 is 1.95 bits per heavy atom. The molecule has 0 aliphatic heterocycles. The van der Waals surface area contributed by atoms with Crippen molar-refractivity contribution in [2.75, 3.05) is 0 Å². The zero-order valence-corrected chi connectivity index (χ0v) is 12.1. The van der Waals surface area contributed by atoms with Gasteiger partial charge in [-0.2, -0.15) is 0 Å². The van der Waals surface area contributed by atoms with Crippen molar-refractivity contribution in [3.8, 4) is 0 Å². The molecule has 1 N–H and O–H groups in total. The molecule has 0 radical (unpaired) electrons. The third-order valence-electron chi connectivity index (χ3n) is 3.32. The fourth-order valence-corrected chi connectivity index (χ4v) is 1.70. The second-order valence-electron chi connectivity index (χ2n) is 5.29. The van der Waals surface area contributed by atoms with Crippen LogP contribution in [0.15, 0.2) is 36.5 Å². The molecule has 0 bridgehead atoms. The second-order valence-corrected chi connectivity index (χ2v) is 5.29. The molecule has 0 saturated heterocycles. The lowest BCUT2D eigenvalue weighted by atomic mass is 10.1. The maximum absolute atomic E-state index is 12.0. The number of hydrogen-bond donors (Lipinski definition) is 1. The first-order valence-corrected chi connectivity index (χ1v) is 6.81. The molecule has 1 heterocycles. The van der Waals surface area contributed by atoms with Gasteiger partial charge in [0.15, 0.2) is 5.69 Å². The molecule has 106 valence electrons. The van der Waals surface area contributed by atoms with Crippen molar-refractivity contribution in [2.24, 2.45) is 5.92 Å². The number of rotatable bonds is 5. The molecule has 5 heteroatoms. The molecule has 0 spiro atoms. The van der Waals surface area contributed by atoms with Gasteiger partial charge in [0.2, 0.25) is 0 Å². The average Bonchev–Trinajstić information content (AvgIpc) is 2.88. The highest BCUT2D eigenvalue weighted by atomic mass is 16.2. The number of nitrogens with zero attached hydrogens (tertiary/aromatic N) is 3. The van der Waals surface area contributed by atoms with Crippen LogP contribution in [0.1, 0.15) is 36.8 Å². The molecule has 1 aromatic heterocycles. The molecule has 20 heavy (non-hydrogen) atoms. The molecule has 0 aliphatic carbocycles. The van der Waals surface area contributed by atoms with Crippen molar-refractivity contribution in [1.82, 2.24) is 20.3 Å². The summed E-state index contributed by atoms with van der Waals surface area (Å²) in [4.78, 5) is 12.0. The lowest BCUT2D eigenvalue weighted by molar-refractivity contribution is 0.0925. The van der Waals surface area contributed by atoms with Gasteiger partial charge in [-0.1, -0.05) is 49.4 Å². The number of hydrogen-bond acceptors (Lipinski definition) is 3. The Bertz CT molecular complexity index is 562. The van der Waals surface area contributed by atoms with E-state index in [1.807, 2.05) is 37.3 Å². The standard InChI is InChI=1S/C15H20N4O/c1-11(2)12(3)16-15(20)14-10-19(18-17-14)9-13-7-5-4-6-8-13/h4-8,10-12H,9H2,1-3H3,(H,16,20). The van der Waals surface area contributed by atoms with Gasteiger partial charge in [-0.3, -0.25) is 4.79 Å². The topological polar surface area (TPSA) is 59.8 Å². The highest BCUT2D eigenvalue weighted by molar-refractivity contribution is 5.92. The Morgan fingerprint density at radius 3 is 2.60 bits per heavy atom. The number of carbonyl (C=O) groups excluding carboxylic acids is 1. The fraction of sp³-hybridized carbons (Fsp3) is 0.400. The lowest BCUT2D eigenvalue weighted by Crippen LogP contribution is -2.36. The number of nitrogens with one attached hydrogen (secondary N) is 1. The summed E-state index contributed by atoms with van der Waals surface area (Å²) in [5.41, 5.74) is 1.48. The monoisotopic (exact) mass is 272 g/mol. The van der Waals surface area contributed by atoms with Gasteiger partial charge in [-0.05, 0) is 18.4 Å². The van der Waals surface area contributed by atoms with Gasteiger partial charge < -0.3 is 5.32 Å². The molecular formula is C15H20N4O. The number of amides is 1. The maximum Gasteiger partial charge on any atom is 0.273 e. The molecule has 0 aliphatic rings. The van der Waals surface area contributed by atoms with Crippen LogP contribution in [0.3, 0.4) is 0 Å². The number of benzene rings is 1. The van der Waals surface area contributed by atoms with E-state index in [0.29, 0.717) is 18.2 Å². The summed E-state index contributed by atoms with van der Waals surface area (Å²) < 4.78 is 1.67. The van der Waals surface area contributed by atoms with Gasteiger partial charge >= 0.3 is 0 Å². The molecule has 0 saturated carbocycles. The summed E-state index contributed by atoms with van der Waals surface area (Å²) in [7, 11) is 0. The average molecular weight is 272 g/mol. The Hall–Kier alpha value is -2.17. The first-order valence-electron chi connectivity index (χ1n) is 6.81. The third-order valence-corrected chi connectivity index (χ3v) is 3.32. The SMILES string of the molecule is CC(C)C(C)NC(=O)c1cn(Cc2ccccc2)nn1. The summed E-state index contributed by atoms with van der Waals surface area (Å²) in [6, 6.07) is 10.1. The summed E-state index contributed by atoms with van der Waals surface area (Å²) in [5, 5.41) is 10.8. The minimum atomic E-state index is -0.175. The van der Waals surface area contributed by atoms with E-state index in [9.17, 15) is 4.79 Å².